The van der Waals surface area contributed by atoms with E-state index < -0.39 is 0 Å². The zero-order valence-corrected chi connectivity index (χ0v) is 8.05. The number of methoxy groups -OCH3 is 1. The van der Waals surface area contributed by atoms with Crippen molar-refractivity contribution in [3.05, 3.63) is 23.8 Å². The van der Waals surface area contributed by atoms with Crippen molar-refractivity contribution in [1.29, 1.82) is 0 Å². The number of ether oxygens (including phenoxy) is 1. The zero-order valence-electron chi connectivity index (χ0n) is 8.05. The van der Waals surface area contributed by atoms with Crippen molar-refractivity contribution >= 4 is 0 Å². The van der Waals surface area contributed by atoms with E-state index in [4.69, 9.17) is 4.74 Å². The fraction of sp³-hybridized carbons (Fsp3) is 0.636. The predicted octanol–water partition coefficient (Wildman–Crippen LogP) is 2.94. The van der Waals surface area contributed by atoms with E-state index in [0.717, 1.165) is 12.5 Å². The number of hydrogen-bond donors (Lipinski definition) is 0. The monoisotopic (exact) mass is 166 g/mol. The lowest BCUT2D eigenvalue weighted by atomic mass is 9.93. The smallest absolute Gasteiger partial charge is 0.0670 e. The van der Waals surface area contributed by atoms with Gasteiger partial charge in [-0.15, -0.1) is 0 Å². The van der Waals surface area contributed by atoms with Crippen LogP contribution in [0.4, 0.5) is 0 Å². The topological polar surface area (TPSA) is 9.23 Å². The minimum atomic E-state index is 0.755. The van der Waals surface area contributed by atoms with E-state index in [0.29, 0.717) is 0 Å². The van der Waals surface area contributed by atoms with Crippen LogP contribution >= 0.6 is 0 Å². The molecule has 0 amide bonds. The number of hydrogen-bond acceptors (Lipinski definition) is 1. The minimum absolute atomic E-state index is 0.755. The van der Waals surface area contributed by atoms with E-state index in [1.165, 1.54) is 24.8 Å². The summed E-state index contributed by atoms with van der Waals surface area (Å²) in [4.78, 5) is 0. The molecular weight excluding hydrogens is 148 g/mol. The average Bonchev–Trinajstić information content (AvgIpc) is 2.06. The highest BCUT2D eigenvalue weighted by molar-refractivity contribution is 5.05. The maximum Gasteiger partial charge on any atom is 0.0670 e. The molecule has 0 unspecified atom stereocenters. The summed E-state index contributed by atoms with van der Waals surface area (Å²) in [6, 6.07) is 0. The van der Waals surface area contributed by atoms with Gasteiger partial charge < -0.3 is 4.74 Å². The largest absolute Gasteiger partial charge is 0.380 e. The van der Waals surface area contributed by atoms with Gasteiger partial charge in [-0.3, -0.25) is 0 Å². The molecule has 0 saturated heterocycles. The lowest BCUT2D eigenvalue weighted by Crippen LogP contribution is -2.01. The van der Waals surface area contributed by atoms with Gasteiger partial charge in [0, 0.05) is 7.11 Å². The highest BCUT2D eigenvalue weighted by Gasteiger charge is 2.06. The van der Waals surface area contributed by atoms with E-state index >= 15 is 0 Å². The molecular formula is C11H18O. The van der Waals surface area contributed by atoms with E-state index in [1.54, 1.807) is 7.11 Å². The van der Waals surface area contributed by atoms with Crippen LogP contribution in [0, 0.1) is 5.92 Å². The van der Waals surface area contributed by atoms with Gasteiger partial charge in [0.2, 0.25) is 0 Å². The Kier molecular flexibility index (Phi) is 4.09. The van der Waals surface area contributed by atoms with Crippen molar-refractivity contribution in [2.75, 3.05) is 13.7 Å². The first-order valence-electron chi connectivity index (χ1n) is 4.64. The van der Waals surface area contributed by atoms with Crippen molar-refractivity contribution in [3.8, 4) is 0 Å². The second kappa shape index (κ2) is 5.15. The SMILES string of the molecule is COCC(C)=C[C@@H]1CC=CCC1. The summed E-state index contributed by atoms with van der Waals surface area (Å²) in [6.45, 7) is 2.92. The third kappa shape index (κ3) is 3.22. The molecule has 68 valence electrons. The Balaban J connectivity index is 2.37. The van der Waals surface area contributed by atoms with Gasteiger partial charge in [-0.2, -0.15) is 0 Å². The molecule has 0 aromatic rings. The molecule has 0 N–H and O–H groups in total. The zero-order chi connectivity index (χ0) is 8.81. The molecule has 1 heteroatoms. The molecule has 12 heavy (non-hydrogen) atoms. The molecule has 0 radical (unpaired) electrons. The molecule has 0 fully saturated rings. The van der Waals surface area contributed by atoms with Crippen LogP contribution in [0.2, 0.25) is 0 Å². The Morgan fingerprint density at radius 3 is 3.00 bits per heavy atom. The van der Waals surface area contributed by atoms with Crippen molar-refractivity contribution < 1.29 is 4.74 Å². The molecule has 0 aromatic heterocycles. The van der Waals surface area contributed by atoms with Gasteiger partial charge in [0.05, 0.1) is 6.61 Å². The number of allylic oxidation sites excluding steroid dienone is 3. The summed E-state index contributed by atoms with van der Waals surface area (Å²) in [7, 11) is 1.75. The fourth-order valence-corrected chi connectivity index (χ4v) is 1.65. The standard InChI is InChI=1S/C11H18O/c1-10(9-12-2)8-11-6-4-3-5-7-11/h3-4,8,11H,5-7,9H2,1-2H3/t11-/m1/s1. The van der Waals surface area contributed by atoms with Crippen LogP contribution in [0.15, 0.2) is 23.8 Å². The Morgan fingerprint density at radius 1 is 1.58 bits per heavy atom. The van der Waals surface area contributed by atoms with Gasteiger partial charge in [-0.1, -0.05) is 23.8 Å². The fourth-order valence-electron chi connectivity index (χ4n) is 1.65. The molecule has 1 aliphatic rings. The molecule has 0 heterocycles. The van der Waals surface area contributed by atoms with E-state index in [2.05, 4.69) is 25.2 Å². The second-order valence-electron chi connectivity index (χ2n) is 3.49. The lowest BCUT2D eigenvalue weighted by molar-refractivity contribution is 0.225. The van der Waals surface area contributed by atoms with Crippen LogP contribution in [0.3, 0.4) is 0 Å². The summed E-state index contributed by atoms with van der Waals surface area (Å²) in [6.07, 6.45) is 10.7. The number of rotatable bonds is 3. The van der Waals surface area contributed by atoms with E-state index in [-0.39, 0.29) is 0 Å². The van der Waals surface area contributed by atoms with Crippen molar-refractivity contribution in [2.24, 2.45) is 5.92 Å². The summed E-state index contributed by atoms with van der Waals surface area (Å²) in [5.41, 5.74) is 1.36. The van der Waals surface area contributed by atoms with E-state index in [1.807, 2.05) is 0 Å². The van der Waals surface area contributed by atoms with Gasteiger partial charge in [-0.25, -0.2) is 0 Å². The van der Waals surface area contributed by atoms with Gasteiger partial charge >= 0.3 is 0 Å². The van der Waals surface area contributed by atoms with Gasteiger partial charge in [-0.05, 0) is 32.1 Å². The predicted molar refractivity (Wildman–Crippen MR) is 52.1 cm³/mol. The van der Waals surface area contributed by atoms with Crippen molar-refractivity contribution in [1.82, 2.24) is 0 Å². The van der Waals surface area contributed by atoms with Crippen LogP contribution in [0.25, 0.3) is 0 Å². The van der Waals surface area contributed by atoms with Gasteiger partial charge in [0.15, 0.2) is 0 Å². The molecule has 0 saturated carbocycles. The lowest BCUT2D eigenvalue weighted by Gasteiger charge is -2.14. The molecule has 0 aliphatic heterocycles. The van der Waals surface area contributed by atoms with Crippen LogP contribution in [0.5, 0.6) is 0 Å². The highest BCUT2D eigenvalue weighted by atomic mass is 16.5. The molecule has 0 spiro atoms. The first kappa shape index (κ1) is 9.53. The third-order valence-electron chi connectivity index (χ3n) is 2.20. The summed E-state index contributed by atoms with van der Waals surface area (Å²) in [5, 5.41) is 0. The quantitative estimate of drug-likeness (QED) is 0.586. The maximum absolute atomic E-state index is 5.06. The molecule has 0 aromatic carbocycles. The van der Waals surface area contributed by atoms with Gasteiger partial charge in [0.25, 0.3) is 0 Å². The average molecular weight is 166 g/mol. The summed E-state index contributed by atoms with van der Waals surface area (Å²) < 4.78 is 5.06. The third-order valence-corrected chi connectivity index (χ3v) is 2.20. The van der Waals surface area contributed by atoms with Crippen LogP contribution in [-0.2, 0) is 4.74 Å². The Hall–Kier alpha value is -0.560. The second-order valence-corrected chi connectivity index (χ2v) is 3.49. The molecule has 1 rings (SSSR count). The minimum Gasteiger partial charge on any atom is -0.380 e. The summed E-state index contributed by atoms with van der Waals surface area (Å²) >= 11 is 0. The normalized spacial score (nSPS) is 24.5. The maximum atomic E-state index is 5.06. The van der Waals surface area contributed by atoms with Crippen LogP contribution < -0.4 is 0 Å². The van der Waals surface area contributed by atoms with Crippen molar-refractivity contribution in [2.45, 2.75) is 26.2 Å². The van der Waals surface area contributed by atoms with E-state index in [9.17, 15) is 0 Å². The molecule has 1 atom stereocenters. The molecule has 1 aliphatic carbocycles. The van der Waals surface area contributed by atoms with Gasteiger partial charge in [0.1, 0.15) is 0 Å². The molecule has 1 nitrogen and oxygen atoms in total. The Bertz CT molecular complexity index is 179. The van der Waals surface area contributed by atoms with Crippen molar-refractivity contribution in [3.63, 3.8) is 0 Å². The van der Waals surface area contributed by atoms with Crippen LogP contribution in [0.1, 0.15) is 26.2 Å². The first-order chi connectivity index (χ1) is 5.83. The summed E-state index contributed by atoms with van der Waals surface area (Å²) in [5.74, 6) is 0.755. The highest BCUT2D eigenvalue weighted by Crippen LogP contribution is 2.20. The molecule has 0 bridgehead atoms. The Labute approximate surface area is 75.1 Å². The Morgan fingerprint density at radius 2 is 2.42 bits per heavy atom. The van der Waals surface area contributed by atoms with Crippen LogP contribution in [-0.4, -0.2) is 13.7 Å². The first-order valence-corrected chi connectivity index (χ1v) is 4.64.